The first-order valence-electron chi connectivity index (χ1n) is 10.5. The number of imidazole rings is 1. The third-order valence-corrected chi connectivity index (χ3v) is 6.36. The van der Waals surface area contributed by atoms with Crippen LogP contribution in [0.15, 0.2) is 42.9 Å². The van der Waals surface area contributed by atoms with E-state index in [0.717, 1.165) is 25.0 Å². The fraction of sp³-hybridized carbons (Fsp3) is 0.273. The molecule has 1 saturated heterocycles. The maximum absolute atomic E-state index is 15.3. The predicted octanol–water partition coefficient (Wildman–Crippen LogP) is 4.55. The predicted molar refractivity (Wildman–Crippen MR) is 109 cm³/mol. The maximum Gasteiger partial charge on any atom is 0.436 e. The van der Waals surface area contributed by atoms with E-state index in [2.05, 4.69) is 20.3 Å². The topological polar surface area (TPSA) is 79.7 Å². The number of nitrogens with one attached hydrogen (secondary N) is 1. The summed E-state index contributed by atoms with van der Waals surface area (Å²) in [6.45, 7) is 0. The molecule has 2 aromatic carbocycles. The number of fused-ring (bicyclic) bond motifs is 1. The molecular weight excluding hydrogens is 459 g/mol. The van der Waals surface area contributed by atoms with Gasteiger partial charge >= 0.3 is 6.18 Å². The van der Waals surface area contributed by atoms with Gasteiger partial charge in [0, 0.05) is 23.4 Å². The molecule has 1 amide bonds. The largest absolute Gasteiger partial charge is 0.436 e. The number of halogens is 5. The molecule has 2 unspecified atom stereocenters. The number of carbonyl (C=O) groups excluding carboxylic acids is 1. The molecule has 3 heterocycles. The average molecular weight is 474 g/mol. The third kappa shape index (κ3) is 3.16. The van der Waals surface area contributed by atoms with Gasteiger partial charge in [-0.25, -0.2) is 18.4 Å². The zero-order chi connectivity index (χ0) is 23.8. The van der Waals surface area contributed by atoms with E-state index in [9.17, 15) is 18.0 Å². The van der Waals surface area contributed by atoms with Crippen molar-refractivity contribution in [3.05, 3.63) is 65.7 Å². The van der Waals surface area contributed by atoms with E-state index in [1.807, 2.05) is 0 Å². The molecule has 2 aromatic heterocycles. The number of amides is 1. The molecule has 4 aromatic rings. The van der Waals surface area contributed by atoms with Gasteiger partial charge in [0.05, 0.1) is 41.2 Å². The molecule has 0 radical (unpaired) electrons. The maximum atomic E-state index is 15.3. The van der Waals surface area contributed by atoms with Gasteiger partial charge in [0.2, 0.25) is 5.91 Å². The highest BCUT2D eigenvalue weighted by Crippen LogP contribution is 2.55. The Balaban J connectivity index is 1.41. The molecule has 0 bridgehead atoms. The standard InChI is InChI=1S/C22H15F5N6O/c23-13-5-12(32-8-17(30-31-32)22(25,26)27)6-14(24)19(13)20-18(10-1-2-10)21(34)33(20)11-3-4-15-16(7-11)29-9-28-15/h3-10,18,20H,1-2H2,(H,28,29). The Morgan fingerprint density at radius 2 is 1.76 bits per heavy atom. The number of carbonyl (C=O) groups is 1. The highest BCUT2D eigenvalue weighted by molar-refractivity contribution is 6.04. The van der Waals surface area contributed by atoms with Crippen molar-refractivity contribution in [1.29, 1.82) is 0 Å². The van der Waals surface area contributed by atoms with Crippen LogP contribution in [0.5, 0.6) is 0 Å². The number of alkyl halides is 3. The van der Waals surface area contributed by atoms with E-state index >= 15 is 8.78 Å². The molecule has 174 valence electrons. The minimum absolute atomic E-state index is 0.0350. The zero-order valence-electron chi connectivity index (χ0n) is 17.2. The first kappa shape index (κ1) is 20.8. The molecular formula is C22H15F5N6O. The van der Waals surface area contributed by atoms with Crippen LogP contribution in [-0.4, -0.2) is 30.9 Å². The third-order valence-electron chi connectivity index (χ3n) is 6.36. The fourth-order valence-corrected chi connectivity index (χ4v) is 4.60. The highest BCUT2D eigenvalue weighted by Gasteiger charge is 2.56. The lowest BCUT2D eigenvalue weighted by atomic mass is 9.78. The van der Waals surface area contributed by atoms with Crippen LogP contribution in [0.1, 0.15) is 30.1 Å². The van der Waals surface area contributed by atoms with Gasteiger partial charge in [-0.1, -0.05) is 5.21 Å². The van der Waals surface area contributed by atoms with Gasteiger partial charge in [-0.05, 0) is 37.0 Å². The van der Waals surface area contributed by atoms with Crippen LogP contribution in [0.3, 0.4) is 0 Å². The van der Waals surface area contributed by atoms with Crippen molar-refractivity contribution < 1.29 is 26.7 Å². The number of H-pyrrole nitrogens is 1. The highest BCUT2D eigenvalue weighted by atomic mass is 19.4. The normalized spacial score (nSPS) is 20.7. The SMILES string of the molecule is O=C1C(C2CC2)C(c2c(F)cc(-n3cc(C(F)(F)F)nn3)cc2F)N1c1ccc2nc[nH]c2c1. The van der Waals surface area contributed by atoms with Crippen LogP contribution in [0.2, 0.25) is 0 Å². The molecule has 1 aliphatic heterocycles. The van der Waals surface area contributed by atoms with Gasteiger partial charge in [-0.2, -0.15) is 13.2 Å². The van der Waals surface area contributed by atoms with Crippen LogP contribution in [0.4, 0.5) is 27.6 Å². The van der Waals surface area contributed by atoms with E-state index in [0.29, 0.717) is 27.6 Å². The molecule has 1 N–H and O–H groups in total. The van der Waals surface area contributed by atoms with Crippen molar-refractivity contribution in [2.24, 2.45) is 11.8 Å². The summed E-state index contributed by atoms with van der Waals surface area (Å²) in [4.78, 5) is 21.5. The lowest BCUT2D eigenvalue weighted by Gasteiger charge is -2.48. The summed E-state index contributed by atoms with van der Waals surface area (Å²) in [6.07, 6.45) is -1.10. The molecule has 2 aliphatic rings. The van der Waals surface area contributed by atoms with Crippen molar-refractivity contribution >= 4 is 22.6 Å². The van der Waals surface area contributed by atoms with Gasteiger partial charge < -0.3 is 9.88 Å². The Labute approximate surface area is 188 Å². The monoisotopic (exact) mass is 474 g/mol. The van der Waals surface area contributed by atoms with Gasteiger partial charge in [-0.3, -0.25) is 4.79 Å². The first-order valence-corrected chi connectivity index (χ1v) is 10.5. The van der Waals surface area contributed by atoms with Crippen molar-refractivity contribution in [3.63, 3.8) is 0 Å². The number of nitrogens with zero attached hydrogens (tertiary/aromatic N) is 5. The molecule has 7 nitrogen and oxygen atoms in total. The second-order valence-corrected chi connectivity index (χ2v) is 8.49. The number of hydrogen-bond acceptors (Lipinski definition) is 4. The van der Waals surface area contributed by atoms with E-state index in [1.54, 1.807) is 18.2 Å². The lowest BCUT2D eigenvalue weighted by molar-refractivity contribution is -0.141. The van der Waals surface area contributed by atoms with Gasteiger partial charge in [0.1, 0.15) is 11.6 Å². The minimum atomic E-state index is -4.74. The number of benzene rings is 2. The van der Waals surface area contributed by atoms with Gasteiger partial charge in [-0.15, -0.1) is 5.10 Å². The Bertz CT molecular complexity index is 1420. The van der Waals surface area contributed by atoms with E-state index in [1.165, 1.54) is 11.2 Å². The Morgan fingerprint density at radius 3 is 2.41 bits per heavy atom. The summed E-state index contributed by atoms with van der Waals surface area (Å²) >= 11 is 0. The number of aromatic nitrogens is 5. The van der Waals surface area contributed by atoms with E-state index in [-0.39, 0.29) is 23.1 Å². The number of aromatic amines is 1. The molecule has 2 atom stereocenters. The average Bonchev–Trinajstić information content (AvgIpc) is 3.26. The van der Waals surface area contributed by atoms with Crippen molar-refractivity contribution in [2.75, 3.05) is 4.90 Å². The fourth-order valence-electron chi connectivity index (χ4n) is 4.60. The zero-order valence-corrected chi connectivity index (χ0v) is 17.2. The van der Waals surface area contributed by atoms with Gasteiger partial charge in [0.25, 0.3) is 0 Å². The van der Waals surface area contributed by atoms with Crippen LogP contribution in [-0.2, 0) is 11.0 Å². The quantitative estimate of drug-likeness (QED) is 0.348. The summed E-state index contributed by atoms with van der Waals surface area (Å²) in [7, 11) is 0. The number of hydrogen-bond donors (Lipinski definition) is 1. The van der Waals surface area contributed by atoms with Crippen LogP contribution >= 0.6 is 0 Å². The second-order valence-electron chi connectivity index (χ2n) is 8.49. The van der Waals surface area contributed by atoms with E-state index in [4.69, 9.17) is 0 Å². The molecule has 1 saturated carbocycles. The van der Waals surface area contributed by atoms with Crippen molar-refractivity contribution in [1.82, 2.24) is 25.0 Å². The molecule has 2 fully saturated rings. The summed E-state index contributed by atoms with van der Waals surface area (Å²) < 4.78 is 69.8. The molecule has 6 rings (SSSR count). The number of rotatable bonds is 4. The molecule has 34 heavy (non-hydrogen) atoms. The Kier molecular flexibility index (Phi) is 4.32. The lowest BCUT2D eigenvalue weighted by Crippen LogP contribution is -2.56. The molecule has 1 aliphatic carbocycles. The van der Waals surface area contributed by atoms with E-state index < -0.39 is 35.5 Å². The Morgan fingerprint density at radius 1 is 1.03 bits per heavy atom. The van der Waals surface area contributed by atoms with Crippen LogP contribution < -0.4 is 4.90 Å². The van der Waals surface area contributed by atoms with Crippen LogP contribution in [0, 0.1) is 23.5 Å². The Hall–Kier alpha value is -3.83. The van der Waals surface area contributed by atoms with Crippen molar-refractivity contribution in [2.45, 2.75) is 25.1 Å². The molecule has 12 heteroatoms. The van der Waals surface area contributed by atoms with Crippen molar-refractivity contribution in [3.8, 4) is 5.69 Å². The second kappa shape index (κ2) is 7.08. The van der Waals surface area contributed by atoms with Gasteiger partial charge in [0.15, 0.2) is 5.69 Å². The smallest absolute Gasteiger partial charge is 0.345 e. The first-order chi connectivity index (χ1) is 16.2. The summed E-state index contributed by atoms with van der Waals surface area (Å²) in [5.74, 6) is -2.71. The number of anilines is 1. The molecule has 0 spiro atoms. The summed E-state index contributed by atoms with van der Waals surface area (Å²) in [6, 6.07) is 5.97. The summed E-state index contributed by atoms with van der Waals surface area (Å²) in [5, 5.41) is 6.35. The van der Waals surface area contributed by atoms with Crippen LogP contribution in [0.25, 0.3) is 16.7 Å². The number of β-lactam (4-membered cyclic amide) rings is 1. The minimum Gasteiger partial charge on any atom is -0.345 e. The summed E-state index contributed by atoms with van der Waals surface area (Å²) in [5.41, 5.74) is -0.0163.